The first-order valence-corrected chi connectivity index (χ1v) is 6.83. The number of hydrogen-bond acceptors (Lipinski definition) is 1. The monoisotopic (exact) mass is 234 g/mol. The topological polar surface area (TPSA) is 17.1 Å². The van der Waals surface area contributed by atoms with Crippen LogP contribution in [0.2, 0.25) is 0 Å². The van der Waals surface area contributed by atoms with Gasteiger partial charge in [0, 0.05) is 0 Å². The Kier molecular flexibility index (Phi) is 13.9. The summed E-state index contributed by atoms with van der Waals surface area (Å²) in [6, 6.07) is 0. The standard InChI is InChI=1S/C16H26O/c1-2-3-4-5-6-7-8-9-10-11-12-13-14-15-16-17/h5-8,14-16H,2-4,9-13H2,1H3/b6-5-,8-7+,15-14+. The highest BCUT2D eigenvalue weighted by Gasteiger charge is 1.85. The first-order chi connectivity index (χ1) is 8.41. The predicted octanol–water partition coefficient (Wildman–Crippen LogP) is 4.99. The molecule has 0 N–H and O–H groups in total. The second-order valence-electron chi connectivity index (χ2n) is 4.20. The Labute approximate surface area is 106 Å². The van der Waals surface area contributed by atoms with Gasteiger partial charge in [-0.3, -0.25) is 4.79 Å². The minimum Gasteiger partial charge on any atom is -0.299 e. The Hall–Kier alpha value is -1.11. The minimum absolute atomic E-state index is 0.841. The van der Waals surface area contributed by atoms with E-state index in [4.69, 9.17) is 0 Å². The van der Waals surface area contributed by atoms with E-state index in [1.807, 2.05) is 6.08 Å². The van der Waals surface area contributed by atoms with Crippen molar-refractivity contribution in [3.63, 3.8) is 0 Å². The minimum atomic E-state index is 0.841. The van der Waals surface area contributed by atoms with Crippen molar-refractivity contribution in [1.82, 2.24) is 0 Å². The Bertz CT molecular complexity index is 236. The molecule has 0 aliphatic carbocycles. The van der Waals surface area contributed by atoms with Crippen LogP contribution in [0.3, 0.4) is 0 Å². The zero-order chi connectivity index (χ0) is 12.6. The van der Waals surface area contributed by atoms with Crippen molar-refractivity contribution in [2.45, 2.75) is 58.3 Å². The number of aldehydes is 1. The summed E-state index contributed by atoms with van der Waals surface area (Å²) in [5.74, 6) is 0. The van der Waals surface area contributed by atoms with Gasteiger partial charge in [-0.25, -0.2) is 0 Å². The molecule has 0 rings (SSSR count). The summed E-state index contributed by atoms with van der Waals surface area (Å²) in [4.78, 5) is 10.0. The fourth-order valence-corrected chi connectivity index (χ4v) is 1.52. The molecule has 0 fully saturated rings. The Morgan fingerprint density at radius 1 is 0.706 bits per heavy atom. The van der Waals surface area contributed by atoms with Crippen LogP contribution in [0.25, 0.3) is 0 Å². The zero-order valence-electron chi connectivity index (χ0n) is 11.1. The number of carbonyl (C=O) groups excluding carboxylic acids is 1. The van der Waals surface area contributed by atoms with Crippen LogP contribution >= 0.6 is 0 Å². The maximum Gasteiger partial charge on any atom is 0.142 e. The van der Waals surface area contributed by atoms with Crippen molar-refractivity contribution in [3.8, 4) is 0 Å². The van der Waals surface area contributed by atoms with Crippen molar-refractivity contribution in [1.29, 1.82) is 0 Å². The van der Waals surface area contributed by atoms with Gasteiger partial charge in [0.1, 0.15) is 6.29 Å². The third kappa shape index (κ3) is 14.9. The SMILES string of the molecule is CCCC/C=C\C=C\CCCCC/C=C/C=O. The van der Waals surface area contributed by atoms with Crippen LogP contribution in [0.5, 0.6) is 0 Å². The molecule has 96 valence electrons. The molecule has 0 atom stereocenters. The van der Waals surface area contributed by atoms with E-state index >= 15 is 0 Å². The lowest BCUT2D eigenvalue weighted by Gasteiger charge is -1.94. The molecule has 0 aliphatic rings. The van der Waals surface area contributed by atoms with Gasteiger partial charge < -0.3 is 0 Å². The fourth-order valence-electron chi connectivity index (χ4n) is 1.52. The molecule has 1 heteroatoms. The Morgan fingerprint density at radius 2 is 1.24 bits per heavy atom. The van der Waals surface area contributed by atoms with Gasteiger partial charge in [-0.1, -0.05) is 56.6 Å². The van der Waals surface area contributed by atoms with E-state index in [-0.39, 0.29) is 0 Å². The van der Waals surface area contributed by atoms with Gasteiger partial charge in [0.05, 0.1) is 0 Å². The predicted molar refractivity (Wildman–Crippen MR) is 76.1 cm³/mol. The van der Waals surface area contributed by atoms with E-state index in [1.54, 1.807) is 6.08 Å². The fraction of sp³-hybridized carbons (Fsp3) is 0.562. The molecule has 0 aliphatic heterocycles. The van der Waals surface area contributed by atoms with E-state index in [1.165, 1.54) is 38.5 Å². The van der Waals surface area contributed by atoms with Gasteiger partial charge in [-0.2, -0.15) is 0 Å². The number of carbonyl (C=O) groups is 1. The molecular formula is C16H26O. The van der Waals surface area contributed by atoms with Crippen molar-refractivity contribution >= 4 is 6.29 Å². The summed E-state index contributed by atoms with van der Waals surface area (Å²) in [6.45, 7) is 2.22. The second kappa shape index (κ2) is 14.9. The van der Waals surface area contributed by atoms with Gasteiger partial charge in [0.25, 0.3) is 0 Å². The molecule has 0 amide bonds. The molecule has 0 heterocycles. The maximum atomic E-state index is 10.0. The second-order valence-corrected chi connectivity index (χ2v) is 4.20. The lowest BCUT2D eigenvalue weighted by Crippen LogP contribution is -1.75. The van der Waals surface area contributed by atoms with Crippen LogP contribution in [0.15, 0.2) is 36.5 Å². The highest BCUT2D eigenvalue weighted by atomic mass is 16.1. The molecule has 0 aromatic carbocycles. The van der Waals surface area contributed by atoms with Crippen LogP contribution in [-0.2, 0) is 4.79 Å². The molecule has 0 aromatic heterocycles. The first-order valence-electron chi connectivity index (χ1n) is 6.83. The average Bonchev–Trinajstić information content (AvgIpc) is 2.35. The molecule has 0 saturated heterocycles. The lowest BCUT2D eigenvalue weighted by atomic mass is 10.1. The van der Waals surface area contributed by atoms with Crippen LogP contribution in [0, 0.1) is 0 Å². The highest BCUT2D eigenvalue weighted by molar-refractivity contribution is 5.64. The van der Waals surface area contributed by atoms with E-state index in [9.17, 15) is 4.79 Å². The van der Waals surface area contributed by atoms with Crippen molar-refractivity contribution in [3.05, 3.63) is 36.5 Å². The van der Waals surface area contributed by atoms with E-state index in [0.29, 0.717) is 0 Å². The number of unbranched alkanes of at least 4 members (excludes halogenated alkanes) is 6. The van der Waals surface area contributed by atoms with Crippen LogP contribution in [-0.4, -0.2) is 6.29 Å². The molecule has 0 saturated carbocycles. The number of allylic oxidation sites excluding steroid dienone is 6. The van der Waals surface area contributed by atoms with Gasteiger partial charge >= 0.3 is 0 Å². The highest BCUT2D eigenvalue weighted by Crippen LogP contribution is 2.04. The Balaban J connectivity index is 3.21. The Morgan fingerprint density at radius 3 is 1.76 bits per heavy atom. The van der Waals surface area contributed by atoms with Gasteiger partial charge in [0.2, 0.25) is 0 Å². The summed E-state index contributed by atoms with van der Waals surface area (Å²) in [5.41, 5.74) is 0. The molecule has 1 nitrogen and oxygen atoms in total. The smallest absolute Gasteiger partial charge is 0.142 e. The van der Waals surface area contributed by atoms with Crippen LogP contribution in [0.1, 0.15) is 58.3 Å². The molecule has 0 spiro atoms. The summed E-state index contributed by atoms with van der Waals surface area (Å²) in [7, 11) is 0. The van der Waals surface area contributed by atoms with Crippen molar-refractivity contribution in [2.24, 2.45) is 0 Å². The maximum absolute atomic E-state index is 10.0. The van der Waals surface area contributed by atoms with Crippen LogP contribution in [0.4, 0.5) is 0 Å². The summed E-state index contributed by atoms with van der Waals surface area (Å²) in [5, 5.41) is 0. The molecule has 0 aromatic rings. The van der Waals surface area contributed by atoms with Gasteiger partial charge in [0.15, 0.2) is 0 Å². The average molecular weight is 234 g/mol. The zero-order valence-corrected chi connectivity index (χ0v) is 11.1. The summed E-state index contributed by atoms with van der Waals surface area (Å²) < 4.78 is 0. The lowest BCUT2D eigenvalue weighted by molar-refractivity contribution is -0.104. The molecule has 17 heavy (non-hydrogen) atoms. The van der Waals surface area contributed by atoms with E-state index in [0.717, 1.165) is 19.1 Å². The van der Waals surface area contributed by atoms with E-state index in [2.05, 4.69) is 31.2 Å². The largest absolute Gasteiger partial charge is 0.299 e. The third-order valence-corrected chi connectivity index (χ3v) is 2.56. The molecule has 0 bridgehead atoms. The number of hydrogen-bond donors (Lipinski definition) is 0. The quantitative estimate of drug-likeness (QED) is 0.213. The third-order valence-electron chi connectivity index (χ3n) is 2.56. The van der Waals surface area contributed by atoms with Gasteiger partial charge in [-0.15, -0.1) is 0 Å². The molecule has 0 unspecified atom stereocenters. The van der Waals surface area contributed by atoms with Crippen molar-refractivity contribution < 1.29 is 4.79 Å². The summed E-state index contributed by atoms with van der Waals surface area (Å²) >= 11 is 0. The van der Waals surface area contributed by atoms with Crippen molar-refractivity contribution in [2.75, 3.05) is 0 Å². The van der Waals surface area contributed by atoms with E-state index < -0.39 is 0 Å². The first kappa shape index (κ1) is 15.9. The van der Waals surface area contributed by atoms with Crippen LogP contribution < -0.4 is 0 Å². The number of rotatable bonds is 11. The molecular weight excluding hydrogens is 208 g/mol. The normalized spacial score (nSPS) is 12.1. The summed E-state index contributed by atoms with van der Waals surface area (Å²) in [6.07, 6.45) is 22.8. The molecule has 0 radical (unpaired) electrons. The van der Waals surface area contributed by atoms with Gasteiger partial charge in [-0.05, 0) is 38.2 Å².